The summed E-state index contributed by atoms with van der Waals surface area (Å²) in [7, 11) is 0. The van der Waals surface area contributed by atoms with Gasteiger partial charge in [-0.1, -0.05) is 47.5 Å². The van der Waals surface area contributed by atoms with Crippen LogP contribution in [-0.4, -0.2) is 6.54 Å². The van der Waals surface area contributed by atoms with Crippen molar-refractivity contribution < 1.29 is 4.39 Å². The maximum atomic E-state index is 13.4. The Morgan fingerprint density at radius 2 is 1.80 bits per heavy atom. The van der Waals surface area contributed by atoms with E-state index >= 15 is 0 Å². The Labute approximate surface area is 128 Å². The fourth-order valence-corrected chi connectivity index (χ4v) is 2.67. The van der Waals surface area contributed by atoms with E-state index in [1.807, 2.05) is 30.3 Å². The summed E-state index contributed by atoms with van der Waals surface area (Å²) >= 11 is 12.0. The van der Waals surface area contributed by atoms with Gasteiger partial charge >= 0.3 is 0 Å². The first-order chi connectivity index (χ1) is 9.60. The maximum Gasteiger partial charge on any atom is 0.142 e. The van der Waals surface area contributed by atoms with Crippen LogP contribution in [0.5, 0.6) is 0 Å². The van der Waals surface area contributed by atoms with Crippen LogP contribution in [0, 0.1) is 11.7 Å². The highest BCUT2D eigenvalue weighted by molar-refractivity contribution is 6.31. The van der Waals surface area contributed by atoms with Gasteiger partial charge in [0.1, 0.15) is 5.82 Å². The molecule has 1 nitrogen and oxygen atoms in total. The molecule has 2 aromatic carbocycles. The van der Waals surface area contributed by atoms with E-state index in [1.165, 1.54) is 6.07 Å². The predicted octanol–water partition coefficient (Wildman–Crippen LogP) is 4.49. The Kier molecular flexibility index (Phi) is 5.41. The Balaban J connectivity index is 2.11. The van der Waals surface area contributed by atoms with E-state index in [0.717, 1.165) is 17.5 Å². The van der Waals surface area contributed by atoms with Gasteiger partial charge in [0, 0.05) is 5.02 Å². The molecule has 2 aromatic rings. The van der Waals surface area contributed by atoms with Gasteiger partial charge in [0.05, 0.1) is 5.02 Å². The fraction of sp³-hybridized carbons (Fsp3) is 0.250. The van der Waals surface area contributed by atoms with Gasteiger partial charge in [-0.05, 0) is 54.6 Å². The summed E-state index contributed by atoms with van der Waals surface area (Å²) in [6.45, 7) is 0.513. The second kappa shape index (κ2) is 7.07. The van der Waals surface area contributed by atoms with Crippen LogP contribution in [0.3, 0.4) is 0 Å². The van der Waals surface area contributed by atoms with E-state index in [-0.39, 0.29) is 16.8 Å². The zero-order valence-electron chi connectivity index (χ0n) is 11.0. The van der Waals surface area contributed by atoms with Crippen molar-refractivity contribution in [1.29, 1.82) is 0 Å². The number of hydrogen-bond donors (Lipinski definition) is 1. The van der Waals surface area contributed by atoms with Gasteiger partial charge < -0.3 is 5.73 Å². The summed E-state index contributed by atoms with van der Waals surface area (Å²) in [4.78, 5) is 0. The van der Waals surface area contributed by atoms with Crippen molar-refractivity contribution in [2.75, 3.05) is 6.54 Å². The third-order valence-electron chi connectivity index (χ3n) is 3.29. The van der Waals surface area contributed by atoms with E-state index in [0.29, 0.717) is 18.0 Å². The van der Waals surface area contributed by atoms with Gasteiger partial charge in [-0.3, -0.25) is 0 Å². The SMILES string of the molecule is NCC(Cc1cccc(Cl)c1)Cc1cccc(F)c1Cl. The smallest absolute Gasteiger partial charge is 0.142 e. The Morgan fingerprint density at radius 3 is 2.50 bits per heavy atom. The number of nitrogens with two attached hydrogens (primary N) is 1. The van der Waals surface area contributed by atoms with Crippen LogP contribution in [0.25, 0.3) is 0 Å². The minimum Gasteiger partial charge on any atom is -0.330 e. The molecule has 2 N–H and O–H groups in total. The lowest BCUT2D eigenvalue weighted by atomic mass is 9.92. The number of hydrogen-bond acceptors (Lipinski definition) is 1. The molecular formula is C16H16Cl2FN. The van der Waals surface area contributed by atoms with E-state index in [1.54, 1.807) is 6.07 Å². The van der Waals surface area contributed by atoms with Crippen LogP contribution in [0.1, 0.15) is 11.1 Å². The molecule has 1 unspecified atom stereocenters. The topological polar surface area (TPSA) is 26.0 Å². The number of benzene rings is 2. The average Bonchev–Trinajstić information content (AvgIpc) is 2.43. The molecule has 0 aliphatic rings. The molecule has 0 radical (unpaired) electrons. The van der Waals surface area contributed by atoms with E-state index in [2.05, 4.69) is 0 Å². The highest BCUT2D eigenvalue weighted by atomic mass is 35.5. The molecule has 0 fully saturated rings. The van der Waals surface area contributed by atoms with Crippen LogP contribution in [0.4, 0.5) is 4.39 Å². The molecular weight excluding hydrogens is 296 g/mol. The largest absolute Gasteiger partial charge is 0.330 e. The lowest BCUT2D eigenvalue weighted by Gasteiger charge is -2.16. The van der Waals surface area contributed by atoms with Gasteiger partial charge in [0.25, 0.3) is 0 Å². The molecule has 0 aromatic heterocycles. The van der Waals surface area contributed by atoms with Crippen LogP contribution in [-0.2, 0) is 12.8 Å². The molecule has 0 aliphatic carbocycles. The quantitative estimate of drug-likeness (QED) is 0.865. The Bertz CT molecular complexity index is 586. The molecule has 106 valence electrons. The van der Waals surface area contributed by atoms with Crippen molar-refractivity contribution >= 4 is 23.2 Å². The maximum absolute atomic E-state index is 13.4. The minimum atomic E-state index is -0.386. The van der Waals surface area contributed by atoms with Gasteiger partial charge in [0.2, 0.25) is 0 Å². The molecule has 4 heteroatoms. The third kappa shape index (κ3) is 3.95. The lowest BCUT2D eigenvalue weighted by Crippen LogP contribution is -2.19. The number of rotatable bonds is 5. The summed E-state index contributed by atoms with van der Waals surface area (Å²) in [5.74, 6) is -0.185. The van der Waals surface area contributed by atoms with E-state index in [9.17, 15) is 4.39 Å². The zero-order valence-corrected chi connectivity index (χ0v) is 12.5. The highest BCUT2D eigenvalue weighted by Crippen LogP contribution is 2.24. The molecule has 0 bridgehead atoms. The summed E-state index contributed by atoms with van der Waals surface area (Å²) in [5, 5.41) is 0.902. The van der Waals surface area contributed by atoms with Crippen molar-refractivity contribution in [3.8, 4) is 0 Å². The first-order valence-corrected chi connectivity index (χ1v) is 7.23. The van der Waals surface area contributed by atoms with Crippen molar-refractivity contribution in [2.24, 2.45) is 11.7 Å². The Morgan fingerprint density at radius 1 is 1.05 bits per heavy atom. The van der Waals surface area contributed by atoms with E-state index < -0.39 is 0 Å². The minimum absolute atomic E-state index is 0.192. The van der Waals surface area contributed by atoms with Gasteiger partial charge in [-0.15, -0.1) is 0 Å². The summed E-state index contributed by atoms with van der Waals surface area (Å²) in [5.41, 5.74) is 7.75. The molecule has 0 spiro atoms. The average molecular weight is 312 g/mol. The summed E-state index contributed by atoms with van der Waals surface area (Å²) in [6, 6.07) is 12.6. The van der Waals surface area contributed by atoms with Gasteiger partial charge in [-0.25, -0.2) is 4.39 Å². The van der Waals surface area contributed by atoms with E-state index in [4.69, 9.17) is 28.9 Å². The monoisotopic (exact) mass is 311 g/mol. The third-order valence-corrected chi connectivity index (χ3v) is 3.95. The Hall–Kier alpha value is -1.09. The van der Waals surface area contributed by atoms with Crippen molar-refractivity contribution in [1.82, 2.24) is 0 Å². The molecule has 0 amide bonds. The molecule has 2 rings (SSSR count). The standard InChI is InChI=1S/C16H16Cl2FN/c17-14-5-1-3-11(9-14)7-12(10-20)8-13-4-2-6-15(19)16(13)18/h1-6,9,12H,7-8,10,20H2. The molecule has 0 saturated carbocycles. The van der Waals surface area contributed by atoms with Crippen LogP contribution >= 0.6 is 23.2 Å². The summed E-state index contributed by atoms with van der Waals surface area (Å²) < 4.78 is 13.4. The zero-order chi connectivity index (χ0) is 14.5. The second-order valence-electron chi connectivity index (χ2n) is 4.85. The van der Waals surface area contributed by atoms with Gasteiger partial charge in [-0.2, -0.15) is 0 Å². The molecule has 0 heterocycles. The first-order valence-electron chi connectivity index (χ1n) is 6.47. The van der Waals surface area contributed by atoms with Crippen molar-refractivity contribution in [2.45, 2.75) is 12.8 Å². The lowest BCUT2D eigenvalue weighted by molar-refractivity contribution is 0.530. The highest BCUT2D eigenvalue weighted by Gasteiger charge is 2.13. The summed E-state index contributed by atoms with van der Waals surface area (Å²) in [6.07, 6.45) is 1.45. The molecule has 0 aliphatic heterocycles. The van der Waals surface area contributed by atoms with Gasteiger partial charge in [0.15, 0.2) is 0 Å². The van der Waals surface area contributed by atoms with Crippen molar-refractivity contribution in [3.05, 3.63) is 69.5 Å². The predicted molar refractivity (Wildman–Crippen MR) is 82.8 cm³/mol. The second-order valence-corrected chi connectivity index (χ2v) is 5.67. The molecule has 0 saturated heterocycles. The first kappa shape index (κ1) is 15.3. The normalized spacial score (nSPS) is 12.4. The van der Waals surface area contributed by atoms with Crippen LogP contribution in [0.15, 0.2) is 42.5 Å². The van der Waals surface area contributed by atoms with Crippen molar-refractivity contribution in [3.63, 3.8) is 0 Å². The molecule has 1 atom stereocenters. The molecule has 20 heavy (non-hydrogen) atoms. The number of halogens is 3. The van der Waals surface area contributed by atoms with Crippen LogP contribution in [0.2, 0.25) is 10.0 Å². The fourth-order valence-electron chi connectivity index (χ4n) is 2.25. The van der Waals surface area contributed by atoms with Crippen LogP contribution < -0.4 is 5.73 Å².